The molecule has 0 radical (unpaired) electrons. The first-order valence-corrected chi connectivity index (χ1v) is 12.5. The molecule has 3 aliphatic rings. The van der Waals surface area contributed by atoms with E-state index < -0.39 is 90.7 Å². The number of Topliss-reactive ketones (excluding diaryl/α,β-unsaturated/α-hetero) is 1. The van der Waals surface area contributed by atoms with Crippen molar-refractivity contribution in [2.24, 2.45) is 0 Å². The first-order valence-electron chi connectivity index (χ1n) is 12.5. The Balaban J connectivity index is 1.35. The standard InChI is InChI=1S/C26H30O14/c27-7-16-19(31)21(33)22(34)23(40-16)18-13(30)6-15-17(20(18)32)12(29)5-14(39-15)10-1-3-11(4-2-10)38-25-24(35)26(36,8-28)9-37-25/h1-4,6,14,16,19,21-25,27-28,30-36H,5,7-9H2/t14?,16-,19-,21+,22-,23+,24+,25+,26-/m1/s1. The lowest BCUT2D eigenvalue weighted by molar-refractivity contribution is -0.232. The third-order valence-corrected chi connectivity index (χ3v) is 7.46. The lowest BCUT2D eigenvalue weighted by Crippen LogP contribution is -2.55. The Hall–Kier alpha value is -3.05. The van der Waals surface area contributed by atoms with Crippen LogP contribution >= 0.6 is 0 Å². The molecule has 14 nitrogen and oxygen atoms in total. The summed E-state index contributed by atoms with van der Waals surface area (Å²) in [4.78, 5) is 13.1. The van der Waals surface area contributed by atoms with Gasteiger partial charge in [0, 0.05) is 6.07 Å². The number of phenolic OH excluding ortho intramolecular Hbond substituents is 2. The van der Waals surface area contributed by atoms with Gasteiger partial charge >= 0.3 is 0 Å². The average Bonchev–Trinajstić information content (AvgIpc) is 3.22. The summed E-state index contributed by atoms with van der Waals surface area (Å²) >= 11 is 0. The molecule has 3 aliphatic heterocycles. The number of aliphatic hydroxyl groups is 7. The number of hydrogen-bond donors (Lipinski definition) is 9. The molecule has 0 amide bonds. The highest BCUT2D eigenvalue weighted by molar-refractivity contribution is 6.03. The van der Waals surface area contributed by atoms with Crippen LogP contribution in [-0.4, -0.2) is 114 Å². The summed E-state index contributed by atoms with van der Waals surface area (Å²) in [5.74, 6) is -1.78. The summed E-state index contributed by atoms with van der Waals surface area (Å²) in [5.41, 5.74) is -1.99. The van der Waals surface area contributed by atoms with Crippen LogP contribution in [0.1, 0.15) is 40.1 Å². The lowest BCUT2D eigenvalue weighted by Gasteiger charge is -2.40. The van der Waals surface area contributed by atoms with Gasteiger partial charge in [-0.3, -0.25) is 4.79 Å². The molecular formula is C26H30O14. The molecule has 9 N–H and O–H groups in total. The van der Waals surface area contributed by atoms with Gasteiger partial charge in [0.05, 0.1) is 31.8 Å². The highest BCUT2D eigenvalue weighted by Crippen LogP contribution is 2.49. The van der Waals surface area contributed by atoms with E-state index in [4.69, 9.17) is 18.9 Å². The van der Waals surface area contributed by atoms with Gasteiger partial charge in [-0.25, -0.2) is 0 Å². The third-order valence-electron chi connectivity index (χ3n) is 7.46. The summed E-state index contributed by atoms with van der Waals surface area (Å²) in [7, 11) is 0. The van der Waals surface area contributed by atoms with Gasteiger partial charge in [0.2, 0.25) is 6.29 Å². The molecule has 1 unspecified atom stereocenters. The number of rotatable bonds is 6. The highest BCUT2D eigenvalue weighted by atomic mass is 16.7. The van der Waals surface area contributed by atoms with Crippen molar-refractivity contribution < 1.29 is 69.7 Å². The van der Waals surface area contributed by atoms with Crippen LogP contribution in [0.2, 0.25) is 0 Å². The topological polar surface area (TPSA) is 236 Å². The fraction of sp³-hybridized carbons (Fsp3) is 0.500. The van der Waals surface area contributed by atoms with Crippen molar-refractivity contribution in [3.05, 3.63) is 47.0 Å². The molecule has 2 saturated heterocycles. The van der Waals surface area contributed by atoms with E-state index in [0.29, 0.717) is 5.56 Å². The Labute approximate surface area is 226 Å². The van der Waals surface area contributed by atoms with Gasteiger partial charge < -0.3 is 64.9 Å². The Bertz CT molecular complexity index is 1250. The molecule has 9 atom stereocenters. The zero-order chi connectivity index (χ0) is 28.9. The summed E-state index contributed by atoms with van der Waals surface area (Å²) in [5, 5.41) is 91.1. The van der Waals surface area contributed by atoms with Gasteiger partial charge in [0.15, 0.2) is 5.78 Å². The van der Waals surface area contributed by atoms with E-state index in [1.807, 2.05) is 0 Å². The van der Waals surface area contributed by atoms with Crippen LogP contribution in [0.5, 0.6) is 23.0 Å². The minimum Gasteiger partial charge on any atom is -0.507 e. The molecule has 5 rings (SSSR count). The molecule has 0 spiro atoms. The number of phenols is 2. The third kappa shape index (κ3) is 4.76. The molecule has 3 heterocycles. The molecule has 40 heavy (non-hydrogen) atoms. The first-order chi connectivity index (χ1) is 19.0. The van der Waals surface area contributed by atoms with Crippen LogP contribution in [0, 0.1) is 0 Å². The van der Waals surface area contributed by atoms with E-state index >= 15 is 0 Å². The Morgan fingerprint density at radius 3 is 2.33 bits per heavy atom. The predicted molar refractivity (Wildman–Crippen MR) is 130 cm³/mol. The molecule has 0 saturated carbocycles. The molecule has 0 bridgehead atoms. The van der Waals surface area contributed by atoms with Crippen molar-refractivity contribution in [3.63, 3.8) is 0 Å². The maximum atomic E-state index is 13.1. The van der Waals surface area contributed by atoms with Gasteiger partial charge in [-0.05, 0) is 17.7 Å². The van der Waals surface area contributed by atoms with Crippen molar-refractivity contribution in [3.8, 4) is 23.0 Å². The second-order valence-electron chi connectivity index (χ2n) is 10.1. The Kier molecular flexibility index (Phi) is 7.64. The van der Waals surface area contributed by atoms with E-state index in [-0.39, 0.29) is 30.1 Å². The SMILES string of the molecule is O=C1CC(c2ccc(O[C@@H]3OC[C@](O)(CO)[C@H]3O)cc2)Oc2cc(O)c([C@@H]3O[C@H](CO)[C@@H](O)[C@H](O)[C@H]3O)c(O)c21. The van der Waals surface area contributed by atoms with Gasteiger partial charge in [0.1, 0.15) is 76.9 Å². The van der Waals surface area contributed by atoms with Crippen LogP contribution in [-0.2, 0) is 9.47 Å². The Morgan fingerprint density at radius 2 is 1.70 bits per heavy atom. The summed E-state index contributed by atoms with van der Waals surface area (Å²) in [6.45, 7) is -1.75. The quantitative estimate of drug-likeness (QED) is 0.186. The van der Waals surface area contributed by atoms with Crippen LogP contribution in [0.4, 0.5) is 0 Å². The normalized spacial score (nSPS) is 35.7. The molecule has 218 valence electrons. The van der Waals surface area contributed by atoms with E-state index in [1.165, 1.54) is 12.1 Å². The van der Waals surface area contributed by atoms with E-state index in [1.54, 1.807) is 12.1 Å². The molecule has 2 aromatic carbocycles. The average molecular weight is 567 g/mol. The minimum absolute atomic E-state index is 0.143. The number of aromatic hydroxyl groups is 2. The molecule has 2 aromatic rings. The summed E-state index contributed by atoms with van der Waals surface area (Å²) in [6.07, 6.45) is -11.8. The number of carbonyl (C=O) groups excluding carboxylic acids is 1. The number of benzene rings is 2. The minimum atomic E-state index is -1.84. The van der Waals surface area contributed by atoms with Crippen molar-refractivity contribution in [1.29, 1.82) is 0 Å². The van der Waals surface area contributed by atoms with Crippen LogP contribution in [0.15, 0.2) is 30.3 Å². The molecular weight excluding hydrogens is 536 g/mol. The van der Waals surface area contributed by atoms with Crippen LogP contribution < -0.4 is 9.47 Å². The van der Waals surface area contributed by atoms with Gasteiger partial charge in [-0.1, -0.05) is 12.1 Å². The zero-order valence-corrected chi connectivity index (χ0v) is 20.9. The van der Waals surface area contributed by atoms with Gasteiger partial charge in [-0.2, -0.15) is 0 Å². The maximum absolute atomic E-state index is 13.1. The predicted octanol–water partition coefficient (Wildman–Crippen LogP) is -1.86. The molecule has 0 aliphatic carbocycles. The number of fused-ring (bicyclic) bond motifs is 1. The maximum Gasteiger partial charge on any atom is 0.229 e. The first kappa shape index (κ1) is 28.5. The number of ketones is 1. The summed E-state index contributed by atoms with van der Waals surface area (Å²) < 4.78 is 22.1. The second kappa shape index (κ2) is 10.7. The zero-order valence-electron chi connectivity index (χ0n) is 20.9. The van der Waals surface area contributed by atoms with Crippen molar-refractivity contribution in [2.45, 2.75) is 61.0 Å². The number of ether oxygens (including phenoxy) is 4. The fourth-order valence-corrected chi connectivity index (χ4v) is 5.07. The summed E-state index contributed by atoms with van der Waals surface area (Å²) in [6, 6.07) is 7.26. The molecule has 0 aromatic heterocycles. The van der Waals surface area contributed by atoms with Crippen molar-refractivity contribution in [1.82, 2.24) is 0 Å². The van der Waals surface area contributed by atoms with E-state index in [0.717, 1.165) is 6.07 Å². The number of hydrogen-bond acceptors (Lipinski definition) is 14. The van der Waals surface area contributed by atoms with Crippen molar-refractivity contribution in [2.75, 3.05) is 19.8 Å². The number of aliphatic hydroxyl groups excluding tert-OH is 6. The van der Waals surface area contributed by atoms with E-state index in [2.05, 4.69) is 0 Å². The highest BCUT2D eigenvalue weighted by Gasteiger charge is 2.49. The van der Waals surface area contributed by atoms with Gasteiger partial charge in [0.25, 0.3) is 0 Å². The number of carbonyl (C=O) groups is 1. The second-order valence-corrected chi connectivity index (χ2v) is 10.1. The lowest BCUT2D eigenvalue weighted by atomic mass is 9.87. The largest absolute Gasteiger partial charge is 0.507 e. The van der Waals surface area contributed by atoms with Crippen LogP contribution in [0.3, 0.4) is 0 Å². The monoisotopic (exact) mass is 566 g/mol. The van der Waals surface area contributed by atoms with Crippen LogP contribution in [0.25, 0.3) is 0 Å². The molecule has 2 fully saturated rings. The molecule has 14 heteroatoms. The van der Waals surface area contributed by atoms with Crippen molar-refractivity contribution >= 4 is 5.78 Å². The Morgan fingerprint density at radius 1 is 1.00 bits per heavy atom. The van der Waals surface area contributed by atoms with E-state index in [9.17, 15) is 50.8 Å². The smallest absolute Gasteiger partial charge is 0.229 e. The van der Waals surface area contributed by atoms with Gasteiger partial charge in [-0.15, -0.1) is 0 Å². The fourth-order valence-electron chi connectivity index (χ4n) is 5.07.